The minimum Gasteiger partial charge on any atom is -0.493 e. The first-order valence-corrected chi connectivity index (χ1v) is 9.50. The third-order valence-corrected chi connectivity index (χ3v) is 5.16. The van der Waals surface area contributed by atoms with Crippen LogP contribution in [0.1, 0.15) is 37.3 Å². The van der Waals surface area contributed by atoms with Crippen molar-refractivity contribution >= 4 is 0 Å². The SMILES string of the molecule is COc1cc(C(c2nnnn2C(C)C)N2CCN(C)CC2)cc(OC)c1OC. The average Bonchev–Trinajstić information content (AvgIpc) is 3.18. The van der Waals surface area contributed by atoms with Crippen LogP contribution in [0.5, 0.6) is 17.2 Å². The van der Waals surface area contributed by atoms with Crippen molar-refractivity contribution in [3.63, 3.8) is 0 Å². The number of hydrogen-bond acceptors (Lipinski definition) is 8. The van der Waals surface area contributed by atoms with Crippen LogP contribution in [0.4, 0.5) is 0 Å². The Kier molecular flexibility index (Phi) is 6.35. The Bertz CT molecular complexity index is 761. The standard InChI is InChI=1S/C19H30N6O3/c1-13(2)25-19(20-21-22-25)17(24-9-7-23(3)8-10-24)14-11-15(26-4)18(28-6)16(12-14)27-5/h11-13,17H,7-10H2,1-6H3. The molecule has 1 atom stereocenters. The summed E-state index contributed by atoms with van der Waals surface area (Å²) < 4.78 is 18.5. The number of aromatic nitrogens is 4. The van der Waals surface area contributed by atoms with E-state index >= 15 is 0 Å². The van der Waals surface area contributed by atoms with Crippen LogP contribution >= 0.6 is 0 Å². The topological polar surface area (TPSA) is 77.8 Å². The molecule has 1 aromatic carbocycles. The Labute approximate surface area is 166 Å². The van der Waals surface area contributed by atoms with Crippen molar-refractivity contribution < 1.29 is 14.2 Å². The summed E-state index contributed by atoms with van der Waals surface area (Å²) in [7, 11) is 7.01. The smallest absolute Gasteiger partial charge is 0.203 e. The molecule has 1 saturated heterocycles. The fraction of sp³-hybridized carbons (Fsp3) is 0.632. The summed E-state index contributed by atoms with van der Waals surface area (Å²) in [5.41, 5.74) is 1.01. The van der Waals surface area contributed by atoms with Crippen molar-refractivity contribution in [3.8, 4) is 17.2 Å². The predicted molar refractivity (Wildman–Crippen MR) is 105 cm³/mol. The van der Waals surface area contributed by atoms with Gasteiger partial charge in [0.25, 0.3) is 0 Å². The van der Waals surface area contributed by atoms with Crippen molar-refractivity contribution in [2.45, 2.75) is 25.9 Å². The number of methoxy groups -OCH3 is 3. The Morgan fingerprint density at radius 2 is 1.54 bits per heavy atom. The lowest BCUT2D eigenvalue weighted by Crippen LogP contribution is -2.46. The zero-order chi connectivity index (χ0) is 20.3. The number of piperazine rings is 1. The lowest BCUT2D eigenvalue weighted by atomic mass is 10.0. The monoisotopic (exact) mass is 390 g/mol. The van der Waals surface area contributed by atoms with E-state index in [1.807, 2.05) is 16.8 Å². The van der Waals surface area contributed by atoms with E-state index in [4.69, 9.17) is 14.2 Å². The molecule has 0 bridgehead atoms. The van der Waals surface area contributed by atoms with Crippen LogP contribution in [-0.4, -0.2) is 84.6 Å². The van der Waals surface area contributed by atoms with Gasteiger partial charge in [-0.05, 0) is 49.0 Å². The summed E-state index contributed by atoms with van der Waals surface area (Å²) >= 11 is 0. The molecule has 0 saturated carbocycles. The highest BCUT2D eigenvalue weighted by Gasteiger charge is 2.32. The van der Waals surface area contributed by atoms with Crippen molar-refractivity contribution in [1.29, 1.82) is 0 Å². The third kappa shape index (κ3) is 3.90. The van der Waals surface area contributed by atoms with Crippen molar-refractivity contribution in [2.24, 2.45) is 0 Å². The number of likely N-dealkylation sites (N-methyl/N-ethyl adjacent to an activating group) is 1. The van der Waals surface area contributed by atoms with Crippen LogP contribution in [0.25, 0.3) is 0 Å². The molecule has 9 heteroatoms. The lowest BCUT2D eigenvalue weighted by molar-refractivity contribution is 0.120. The maximum atomic E-state index is 5.58. The molecule has 0 radical (unpaired) electrons. The minimum atomic E-state index is -0.111. The molecule has 0 spiro atoms. The van der Waals surface area contributed by atoms with Gasteiger partial charge in [-0.2, -0.15) is 0 Å². The second-order valence-corrected chi connectivity index (χ2v) is 7.28. The van der Waals surface area contributed by atoms with Crippen LogP contribution in [0.3, 0.4) is 0 Å². The fourth-order valence-electron chi connectivity index (χ4n) is 3.61. The molecule has 1 unspecified atom stereocenters. The van der Waals surface area contributed by atoms with Crippen LogP contribution in [0.2, 0.25) is 0 Å². The Morgan fingerprint density at radius 1 is 0.929 bits per heavy atom. The maximum Gasteiger partial charge on any atom is 0.203 e. The molecule has 0 amide bonds. The zero-order valence-electron chi connectivity index (χ0n) is 17.5. The molecule has 9 nitrogen and oxygen atoms in total. The maximum absolute atomic E-state index is 5.58. The van der Waals surface area contributed by atoms with Crippen LogP contribution in [-0.2, 0) is 0 Å². The molecule has 0 N–H and O–H groups in total. The van der Waals surface area contributed by atoms with Gasteiger partial charge in [-0.1, -0.05) is 0 Å². The van der Waals surface area contributed by atoms with Crippen LogP contribution in [0, 0.1) is 0 Å². The van der Waals surface area contributed by atoms with Gasteiger partial charge in [-0.25, -0.2) is 4.68 Å². The molecule has 1 aliphatic rings. The highest BCUT2D eigenvalue weighted by molar-refractivity contribution is 5.55. The Morgan fingerprint density at radius 3 is 2.04 bits per heavy atom. The normalized spacial score (nSPS) is 17.0. The molecule has 154 valence electrons. The number of rotatable bonds is 7. The molecule has 3 rings (SSSR count). The number of ether oxygens (including phenoxy) is 3. The van der Waals surface area contributed by atoms with Gasteiger partial charge < -0.3 is 19.1 Å². The summed E-state index contributed by atoms with van der Waals surface area (Å²) in [5, 5.41) is 12.6. The molecule has 1 aromatic heterocycles. The van der Waals surface area contributed by atoms with E-state index in [1.165, 1.54) is 0 Å². The van der Waals surface area contributed by atoms with Crippen molar-refractivity contribution in [3.05, 3.63) is 23.5 Å². The van der Waals surface area contributed by atoms with Gasteiger partial charge in [0.2, 0.25) is 5.75 Å². The summed E-state index contributed by atoms with van der Waals surface area (Å²) in [5.74, 6) is 2.64. The van der Waals surface area contributed by atoms with E-state index in [1.54, 1.807) is 21.3 Å². The van der Waals surface area contributed by atoms with Gasteiger partial charge in [0.05, 0.1) is 33.4 Å². The van der Waals surface area contributed by atoms with E-state index in [0.29, 0.717) is 17.2 Å². The number of nitrogens with zero attached hydrogens (tertiary/aromatic N) is 6. The first-order chi connectivity index (χ1) is 13.5. The van der Waals surface area contributed by atoms with Gasteiger partial charge in [0.15, 0.2) is 17.3 Å². The number of benzene rings is 1. The molecular weight excluding hydrogens is 360 g/mol. The molecule has 0 aliphatic carbocycles. The van der Waals surface area contributed by atoms with Crippen LogP contribution < -0.4 is 14.2 Å². The highest BCUT2D eigenvalue weighted by Crippen LogP contribution is 2.42. The van der Waals surface area contributed by atoms with Gasteiger partial charge in [0.1, 0.15) is 0 Å². The number of tetrazole rings is 1. The van der Waals surface area contributed by atoms with E-state index in [-0.39, 0.29) is 12.1 Å². The van der Waals surface area contributed by atoms with Crippen molar-refractivity contribution in [1.82, 2.24) is 30.0 Å². The van der Waals surface area contributed by atoms with Gasteiger partial charge in [0, 0.05) is 26.2 Å². The summed E-state index contributed by atoms with van der Waals surface area (Å²) in [6, 6.07) is 4.02. The van der Waals surface area contributed by atoms with Gasteiger partial charge in [-0.15, -0.1) is 5.10 Å². The largest absolute Gasteiger partial charge is 0.493 e. The fourth-order valence-corrected chi connectivity index (χ4v) is 3.61. The number of hydrogen-bond donors (Lipinski definition) is 0. The summed E-state index contributed by atoms with van der Waals surface area (Å²) in [4.78, 5) is 4.74. The summed E-state index contributed by atoms with van der Waals surface area (Å²) in [6.07, 6.45) is 0. The zero-order valence-corrected chi connectivity index (χ0v) is 17.5. The Balaban J connectivity index is 2.12. The molecule has 28 heavy (non-hydrogen) atoms. The van der Waals surface area contributed by atoms with Crippen LogP contribution in [0.15, 0.2) is 12.1 Å². The van der Waals surface area contributed by atoms with E-state index < -0.39 is 0 Å². The first kappa shape index (κ1) is 20.3. The summed E-state index contributed by atoms with van der Waals surface area (Å²) in [6.45, 7) is 7.98. The average molecular weight is 390 g/mol. The van der Waals surface area contributed by atoms with E-state index in [2.05, 4.69) is 46.2 Å². The van der Waals surface area contributed by atoms with Crippen molar-refractivity contribution in [2.75, 3.05) is 54.6 Å². The quantitative estimate of drug-likeness (QED) is 0.706. The Hall–Kier alpha value is -2.39. The predicted octanol–water partition coefficient (Wildman–Crippen LogP) is 1.62. The van der Waals surface area contributed by atoms with E-state index in [0.717, 1.165) is 37.6 Å². The van der Waals surface area contributed by atoms with Gasteiger partial charge in [-0.3, -0.25) is 4.90 Å². The molecule has 2 heterocycles. The van der Waals surface area contributed by atoms with Gasteiger partial charge >= 0.3 is 0 Å². The molecule has 1 fully saturated rings. The molecule has 1 aliphatic heterocycles. The second-order valence-electron chi connectivity index (χ2n) is 7.28. The lowest BCUT2D eigenvalue weighted by Gasteiger charge is -2.37. The highest BCUT2D eigenvalue weighted by atomic mass is 16.5. The molecular formula is C19H30N6O3. The third-order valence-electron chi connectivity index (χ3n) is 5.16. The molecule has 2 aromatic rings. The second kappa shape index (κ2) is 8.74. The first-order valence-electron chi connectivity index (χ1n) is 9.50. The van der Waals surface area contributed by atoms with E-state index in [9.17, 15) is 0 Å². The minimum absolute atomic E-state index is 0.111.